The van der Waals surface area contributed by atoms with Crippen molar-refractivity contribution in [3.05, 3.63) is 97.3 Å². The molecule has 1 aliphatic rings. The van der Waals surface area contributed by atoms with E-state index in [1.54, 1.807) is 53.4 Å². The van der Waals surface area contributed by atoms with Crippen LogP contribution in [-0.4, -0.2) is 33.6 Å². The highest BCUT2D eigenvalue weighted by molar-refractivity contribution is 8.18. The number of benzene rings is 3. The number of halogens is 3. The van der Waals surface area contributed by atoms with Crippen molar-refractivity contribution in [1.29, 1.82) is 0 Å². The Morgan fingerprint density at radius 1 is 1.06 bits per heavy atom. The molecule has 1 N–H and O–H groups in total. The van der Waals surface area contributed by atoms with E-state index in [-0.39, 0.29) is 18.1 Å². The predicted molar refractivity (Wildman–Crippen MR) is 146 cm³/mol. The molecule has 184 valence electrons. The van der Waals surface area contributed by atoms with Crippen LogP contribution in [0.2, 0.25) is 15.1 Å². The van der Waals surface area contributed by atoms with Crippen molar-refractivity contribution in [3.8, 4) is 5.75 Å². The van der Waals surface area contributed by atoms with Crippen molar-refractivity contribution < 1.29 is 19.4 Å². The average molecular weight is 562 g/mol. The smallest absolute Gasteiger partial charge is 0.335 e. The Hall–Kier alpha value is -2.97. The number of likely N-dealkylation sites (N-methyl/N-ethyl adjacent to an activating group) is 1. The van der Waals surface area contributed by atoms with Crippen molar-refractivity contribution in [2.45, 2.75) is 13.5 Å². The molecule has 10 heteroatoms. The minimum atomic E-state index is -1.04. The molecule has 1 fully saturated rings. The fourth-order valence-corrected chi connectivity index (χ4v) is 4.98. The maximum absolute atomic E-state index is 13.0. The van der Waals surface area contributed by atoms with E-state index in [0.717, 1.165) is 11.1 Å². The van der Waals surface area contributed by atoms with Gasteiger partial charge in [0.2, 0.25) is 0 Å². The molecule has 0 saturated carbocycles. The lowest BCUT2D eigenvalue weighted by Gasteiger charge is -2.12. The van der Waals surface area contributed by atoms with E-state index in [1.807, 2.05) is 13.0 Å². The Bertz CT molecular complexity index is 1410. The van der Waals surface area contributed by atoms with Crippen LogP contribution in [0.5, 0.6) is 5.75 Å². The summed E-state index contributed by atoms with van der Waals surface area (Å²) in [6.07, 6.45) is 1.74. The van der Waals surface area contributed by atoms with E-state index in [0.29, 0.717) is 43.1 Å². The first kappa shape index (κ1) is 26.1. The zero-order valence-electron chi connectivity index (χ0n) is 18.9. The molecule has 0 unspecified atom stereocenters. The quantitative estimate of drug-likeness (QED) is 0.301. The third-order valence-electron chi connectivity index (χ3n) is 5.15. The summed E-state index contributed by atoms with van der Waals surface area (Å²) in [4.78, 5) is 30.7. The van der Waals surface area contributed by atoms with Crippen LogP contribution in [0.25, 0.3) is 6.08 Å². The Labute approximate surface area is 227 Å². The van der Waals surface area contributed by atoms with Gasteiger partial charge in [0.25, 0.3) is 5.91 Å². The summed E-state index contributed by atoms with van der Waals surface area (Å²) in [6, 6.07) is 16.8. The topological polar surface area (TPSA) is 79.2 Å². The number of carboxylic acid groups (broad SMARTS) is 1. The molecule has 1 heterocycles. The van der Waals surface area contributed by atoms with Gasteiger partial charge in [-0.3, -0.25) is 9.69 Å². The molecule has 1 saturated heterocycles. The monoisotopic (exact) mass is 560 g/mol. The van der Waals surface area contributed by atoms with E-state index in [4.69, 9.17) is 39.5 Å². The van der Waals surface area contributed by atoms with Gasteiger partial charge in [-0.15, -0.1) is 0 Å². The summed E-state index contributed by atoms with van der Waals surface area (Å²) >= 11 is 19.6. The molecule has 0 bridgehead atoms. The van der Waals surface area contributed by atoms with Gasteiger partial charge in [0, 0.05) is 6.54 Å². The molecular formula is C26H19Cl3N2O4S. The first-order valence-electron chi connectivity index (χ1n) is 10.7. The molecule has 36 heavy (non-hydrogen) atoms. The van der Waals surface area contributed by atoms with Gasteiger partial charge < -0.3 is 9.84 Å². The molecule has 0 atom stereocenters. The lowest BCUT2D eigenvalue weighted by Crippen LogP contribution is -2.28. The van der Waals surface area contributed by atoms with Gasteiger partial charge in [0.1, 0.15) is 12.4 Å². The van der Waals surface area contributed by atoms with E-state index in [2.05, 4.69) is 4.99 Å². The molecule has 6 nitrogen and oxygen atoms in total. The minimum Gasteiger partial charge on any atom is -0.487 e. The molecule has 0 aromatic heterocycles. The highest BCUT2D eigenvalue weighted by Gasteiger charge is 2.32. The Morgan fingerprint density at radius 2 is 1.86 bits per heavy atom. The third kappa shape index (κ3) is 6.05. The molecule has 1 amide bonds. The first-order valence-corrected chi connectivity index (χ1v) is 12.7. The van der Waals surface area contributed by atoms with E-state index >= 15 is 0 Å². The lowest BCUT2D eigenvalue weighted by atomic mass is 10.2. The summed E-state index contributed by atoms with van der Waals surface area (Å²) in [5.41, 5.74) is 2.15. The van der Waals surface area contributed by atoms with Crippen LogP contribution in [0, 0.1) is 0 Å². The molecular weight excluding hydrogens is 543 g/mol. The Kier molecular flexibility index (Phi) is 8.26. The SMILES string of the molecule is CCN1C(=O)/C(=C/c2ccc(OCc3ccc(Cl)c(Cl)c3)c(Cl)c2)SC1=Nc1cccc(C(=O)O)c1. The number of carbonyl (C=O) groups excluding carboxylic acids is 1. The molecule has 4 rings (SSSR count). The fourth-order valence-electron chi connectivity index (χ4n) is 3.35. The normalized spacial score (nSPS) is 15.7. The number of hydrogen-bond acceptors (Lipinski definition) is 5. The Balaban J connectivity index is 1.52. The van der Waals surface area contributed by atoms with Gasteiger partial charge in [-0.2, -0.15) is 0 Å². The number of aliphatic imine (C=N–C) groups is 1. The number of thioether (sulfide) groups is 1. The number of aromatic carboxylic acids is 1. The molecule has 3 aromatic rings. The number of rotatable bonds is 7. The zero-order chi connectivity index (χ0) is 25.8. The predicted octanol–water partition coefficient (Wildman–Crippen LogP) is 7.55. The first-order chi connectivity index (χ1) is 17.2. The van der Waals surface area contributed by atoms with Gasteiger partial charge in [-0.25, -0.2) is 9.79 Å². The van der Waals surface area contributed by atoms with Gasteiger partial charge in [0.15, 0.2) is 5.17 Å². The molecule has 0 radical (unpaired) electrons. The van der Waals surface area contributed by atoms with Crippen LogP contribution in [0.15, 0.2) is 70.6 Å². The van der Waals surface area contributed by atoms with E-state index < -0.39 is 5.97 Å². The fraction of sp³-hybridized carbons (Fsp3) is 0.115. The number of carboxylic acids is 1. The molecule has 0 spiro atoms. The number of ether oxygens (including phenoxy) is 1. The van der Waals surface area contributed by atoms with Crippen LogP contribution < -0.4 is 4.74 Å². The van der Waals surface area contributed by atoms with Gasteiger partial charge >= 0.3 is 5.97 Å². The van der Waals surface area contributed by atoms with Crippen LogP contribution >= 0.6 is 46.6 Å². The lowest BCUT2D eigenvalue weighted by molar-refractivity contribution is -0.122. The summed E-state index contributed by atoms with van der Waals surface area (Å²) in [6.45, 7) is 2.53. The third-order valence-corrected chi connectivity index (χ3v) is 7.20. The van der Waals surface area contributed by atoms with Crippen molar-refractivity contribution in [2.75, 3.05) is 6.54 Å². The van der Waals surface area contributed by atoms with Crippen molar-refractivity contribution >= 4 is 75.4 Å². The van der Waals surface area contributed by atoms with Gasteiger partial charge in [-0.1, -0.05) is 53.0 Å². The molecule has 1 aliphatic heterocycles. The van der Waals surface area contributed by atoms with E-state index in [1.165, 1.54) is 23.9 Å². The zero-order valence-corrected chi connectivity index (χ0v) is 22.0. The summed E-state index contributed by atoms with van der Waals surface area (Å²) in [5.74, 6) is -0.737. The Morgan fingerprint density at radius 3 is 2.56 bits per heavy atom. The largest absolute Gasteiger partial charge is 0.487 e. The number of carbonyl (C=O) groups is 2. The minimum absolute atomic E-state index is 0.126. The van der Waals surface area contributed by atoms with Crippen LogP contribution in [0.4, 0.5) is 5.69 Å². The maximum atomic E-state index is 13.0. The number of amidine groups is 1. The maximum Gasteiger partial charge on any atom is 0.335 e. The summed E-state index contributed by atoms with van der Waals surface area (Å²) in [7, 11) is 0. The van der Waals surface area contributed by atoms with E-state index in [9.17, 15) is 14.7 Å². The second-order valence-corrected chi connectivity index (χ2v) is 9.87. The number of hydrogen-bond donors (Lipinski definition) is 1. The standard InChI is InChI=1S/C26H19Cl3N2O4S/c1-2-31-24(32)23(36-26(31)30-18-5-3-4-17(13-18)25(33)34)12-15-7-9-22(21(29)10-15)35-14-16-6-8-19(27)20(28)11-16/h3-13H,2,14H2,1H3,(H,33,34)/b23-12-,30-26?. The van der Waals surface area contributed by atoms with Gasteiger partial charge in [-0.05, 0) is 78.4 Å². The van der Waals surface area contributed by atoms with Crippen LogP contribution in [0.1, 0.15) is 28.4 Å². The summed E-state index contributed by atoms with van der Waals surface area (Å²) < 4.78 is 5.81. The molecule has 0 aliphatic carbocycles. The highest BCUT2D eigenvalue weighted by Crippen LogP contribution is 2.35. The highest BCUT2D eigenvalue weighted by atomic mass is 35.5. The van der Waals surface area contributed by atoms with Crippen molar-refractivity contribution in [1.82, 2.24) is 4.90 Å². The van der Waals surface area contributed by atoms with Gasteiger partial charge in [0.05, 0.1) is 31.2 Å². The van der Waals surface area contributed by atoms with Crippen LogP contribution in [0.3, 0.4) is 0 Å². The number of nitrogens with zero attached hydrogens (tertiary/aromatic N) is 2. The number of amides is 1. The second kappa shape index (κ2) is 11.4. The second-order valence-electron chi connectivity index (χ2n) is 7.64. The van der Waals surface area contributed by atoms with Crippen LogP contribution in [-0.2, 0) is 11.4 Å². The van der Waals surface area contributed by atoms with Crippen molar-refractivity contribution in [2.24, 2.45) is 4.99 Å². The average Bonchev–Trinajstić information content (AvgIpc) is 3.14. The van der Waals surface area contributed by atoms with Crippen molar-refractivity contribution in [3.63, 3.8) is 0 Å². The summed E-state index contributed by atoms with van der Waals surface area (Å²) in [5, 5.41) is 11.0. The molecule has 3 aromatic carbocycles.